The molecular weight excluding hydrogens is 150 g/mol. The second-order valence-electron chi connectivity index (χ2n) is 4.19. The molecule has 0 aromatic rings. The van der Waals surface area contributed by atoms with Gasteiger partial charge in [0.15, 0.2) is 0 Å². The highest BCUT2D eigenvalue weighted by atomic mass is 16.1. The largest absolute Gasteiger partial charge is 0.299 e. The van der Waals surface area contributed by atoms with Crippen LogP contribution in [0, 0.1) is 0 Å². The molecule has 2 aliphatic rings. The normalized spacial score (nSPS) is 35.4. The summed E-state index contributed by atoms with van der Waals surface area (Å²) in [5.41, 5.74) is 0. The molecule has 0 amide bonds. The maximum Gasteiger partial charge on any atom is 0.143 e. The first kappa shape index (κ1) is 8.24. The molecule has 2 aliphatic heterocycles. The number of piperidine rings is 1. The van der Waals surface area contributed by atoms with E-state index in [1.54, 1.807) is 6.92 Å². The summed E-state index contributed by atoms with van der Waals surface area (Å²) in [5, 5.41) is 0. The van der Waals surface area contributed by atoms with Crippen LogP contribution in [0.2, 0.25) is 0 Å². The quantitative estimate of drug-likeness (QED) is 0.622. The minimum absolute atomic E-state index is 0.328. The minimum atomic E-state index is 0.328. The second kappa shape index (κ2) is 3.17. The third-order valence-electron chi connectivity index (χ3n) is 3.25. The predicted molar refractivity (Wildman–Crippen MR) is 48.0 cm³/mol. The van der Waals surface area contributed by atoms with E-state index in [4.69, 9.17) is 0 Å². The fraction of sp³-hybridized carbons (Fsp3) is 0.900. The predicted octanol–water partition coefficient (Wildman–Crippen LogP) is 1.59. The highest BCUT2D eigenvalue weighted by Crippen LogP contribution is 2.34. The highest BCUT2D eigenvalue weighted by Gasteiger charge is 2.36. The number of Topliss-reactive ketones (excluding diaryl/α,β-unsaturated/α-hetero) is 1. The van der Waals surface area contributed by atoms with Crippen molar-refractivity contribution in [1.82, 2.24) is 4.90 Å². The van der Waals surface area contributed by atoms with E-state index in [1.807, 2.05) is 0 Å². The second-order valence-corrected chi connectivity index (χ2v) is 4.19. The van der Waals surface area contributed by atoms with Crippen LogP contribution in [-0.4, -0.2) is 29.3 Å². The molecule has 2 atom stereocenters. The molecule has 0 aromatic carbocycles. The smallest absolute Gasteiger partial charge is 0.143 e. The van der Waals surface area contributed by atoms with Gasteiger partial charge in [0, 0.05) is 12.1 Å². The van der Waals surface area contributed by atoms with E-state index in [1.165, 1.54) is 32.1 Å². The van der Waals surface area contributed by atoms with Crippen molar-refractivity contribution in [1.29, 1.82) is 0 Å². The van der Waals surface area contributed by atoms with Crippen molar-refractivity contribution in [2.75, 3.05) is 6.54 Å². The first-order chi connectivity index (χ1) is 5.77. The van der Waals surface area contributed by atoms with Gasteiger partial charge in [0.2, 0.25) is 0 Å². The molecule has 2 bridgehead atoms. The molecule has 2 saturated heterocycles. The van der Waals surface area contributed by atoms with Gasteiger partial charge in [-0.05, 0) is 32.6 Å². The topological polar surface area (TPSA) is 20.3 Å². The Morgan fingerprint density at radius 2 is 1.83 bits per heavy atom. The van der Waals surface area contributed by atoms with Crippen molar-refractivity contribution >= 4 is 5.78 Å². The Labute approximate surface area is 73.9 Å². The molecule has 2 rings (SSSR count). The van der Waals surface area contributed by atoms with Crippen LogP contribution in [0.15, 0.2) is 0 Å². The Hall–Kier alpha value is -0.370. The first-order valence-corrected chi connectivity index (χ1v) is 5.02. The van der Waals surface area contributed by atoms with Crippen LogP contribution < -0.4 is 0 Å². The van der Waals surface area contributed by atoms with Crippen LogP contribution in [0.25, 0.3) is 0 Å². The van der Waals surface area contributed by atoms with E-state index in [9.17, 15) is 4.79 Å². The Bertz CT molecular complexity index is 174. The van der Waals surface area contributed by atoms with E-state index < -0.39 is 0 Å². The van der Waals surface area contributed by atoms with E-state index in [0.29, 0.717) is 12.3 Å². The van der Waals surface area contributed by atoms with Gasteiger partial charge in [0.25, 0.3) is 0 Å². The fourth-order valence-electron chi connectivity index (χ4n) is 2.74. The number of hydrogen-bond acceptors (Lipinski definition) is 2. The van der Waals surface area contributed by atoms with Gasteiger partial charge >= 0.3 is 0 Å². The third-order valence-corrected chi connectivity index (χ3v) is 3.25. The van der Waals surface area contributed by atoms with Gasteiger partial charge in [-0.2, -0.15) is 0 Å². The number of nitrogens with zero attached hydrogens (tertiary/aromatic N) is 1. The average Bonchev–Trinajstić information content (AvgIpc) is 2.30. The van der Waals surface area contributed by atoms with Crippen molar-refractivity contribution in [3.63, 3.8) is 0 Å². The van der Waals surface area contributed by atoms with Crippen LogP contribution >= 0.6 is 0 Å². The fourth-order valence-corrected chi connectivity index (χ4v) is 2.74. The zero-order chi connectivity index (χ0) is 8.55. The summed E-state index contributed by atoms with van der Waals surface area (Å²) in [4.78, 5) is 13.4. The maximum absolute atomic E-state index is 11.0. The van der Waals surface area contributed by atoms with Crippen LogP contribution in [0.4, 0.5) is 0 Å². The number of hydrogen-bond donors (Lipinski definition) is 0. The number of carbonyl (C=O) groups excluding carboxylic acids is 1. The number of ketones is 1. The van der Waals surface area contributed by atoms with Crippen LogP contribution in [0.3, 0.4) is 0 Å². The lowest BCUT2D eigenvalue weighted by Gasteiger charge is -2.33. The molecule has 0 spiro atoms. The summed E-state index contributed by atoms with van der Waals surface area (Å²) in [7, 11) is 0. The molecule has 2 nitrogen and oxygen atoms in total. The summed E-state index contributed by atoms with van der Waals surface area (Å²) in [6.45, 7) is 2.41. The van der Waals surface area contributed by atoms with Crippen LogP contribution in [0.5, 0.6) is 0 Å². The summed E-state index contributed by atoms with van der Waals surface area (Å²) in [6.07, 6.45) is 6.69. The molecule has 0 N–H and O–H groups in total. The highest BCUT2D eigenvalue weighted by molar-refractivity contribution is 5.77. The lowest BCUT2D eigenvalue weighted by atomic mass is 10.0. The van der Waals surface area contributed by atoms with E-state index >= 15 is 0 Å². The lowest BCUT2D eigenvalue weighted by Crippen LogP contribution is -2.42. The third kappa shape index (κ3) is 1.40. The van der Waals surface area contributed by atoms with Crippen molar-refractivity contribution in [2.45, 2.75) is 51.1 Å². The zero-order valence-corrected chi connectivity index (χ0v) is 7.75. The molecule has 0 unspecified atom stereocenters. The SMILES string of the molecule is CC(=O)CN1[C@@H]2CCC[C@H]1CC2. The van der Waals surface area contributed by atoms with Gasteiger partial charge in [-0.1, -0.05) is 6.42 Å². The molecule has 12 heavy (non-hydrogen) atoms. The monoisotopic (exact) mass is 167 g/mol. The van der Waals surface area contributed by atoms with Crippen molar-refractivity contribution in [3.8, 4) is 0 Å². The number of rotatable bonds is 2. The van der Waals surface area contributed by atoms with Gasteiger partial charge in [0.05, 0.1) is 6.54 Å². The van der Waals surface area contributed by atoms with Gasteiger partial charge in [0.1, 0.15) is 5.78 Å². The number of carbonyl (C=O) groups is 1. The van der Waals surface area contributed by atoms with E-state index in [-0.39, 0.29) is 0 Å². The summed E-state index contributed by atoms with van der Waals surface area (Å²) >= 11 is 0. The molecule has 2 heteroatoms. The summed E-state index contributed by atoms with van der Waals surface area (Å²) in [5.74, 6) is 0.328. The Balaban J connectivity index is 2.00. The molecule has 2 fully saturated rings. The van der Waals surface area contributed by atoms with Gasteiger partial charge in [-0.25, -0.2) is 0 Å². The molecule has 0 radical (unpaired) electrons. The molecule has 0 aromatic heterocycles. The van der Waals surface area contributed by atoms with Crippen molar-refractivity contribution in [2.24, 2.45) is 0 Å². The van der Waals surface area contributed by atoms with Crippen molar-refractivity contribution in [3.05, 3.63) is 0 Å². The van der Waals surface area contributed by atoms with Gasteiger partial charge in [-0.3, -0.25) is 9.69 Å². The Kier molecular flexibility index (Phi) is 2.18. The molecule has 2 heterocycles. The Morgan fingerprint density at radius 1 is 1.25 bits per heavy atom. The maximum atomic E-state index is 11.0. The lowest BCUT2D eigenvalue weighted by molar-refractivity contribution is -0.119. The number of fused-ring (bicyclic) bond motifs is 2. The van der Waals surface area contributed by atoms with Crippen LogP contribution in [0.1, 0.15) is 39.0 Å². The molecule has 68 valence electrons. The summed E-state index contributed by atoms with van der Waals surface area (Å²) < 4.78 is 0. The summed E-state index contributed by atoms with van der Waals surface area (Å²) in [6, 6.07) is 1.49. The average molecular weight is 167 g/mol. The zero-order valence-electron chi connectivity index (χ0n) is 7.75. The van der Waals surface area contributed by atoms with Crippen molar-refractivity contribution < 1.29 is 4.79 Å². The standard InChI is InChI=1S/C10H17NO/c1-8(12)7-11-9-3-2-4-10(11)6-5-9/h9-10H,2-7H2,1H3/t9-,10+. The molecule has 0 saturated carbocycles. The van der Waals surface area contributed by atoms with Crippen LogP contribution in [-0.2, 0) is 4.79 Å². The van der Waals surface area contributed by atoms with Gasteiger partial charge in [-0.15, -0.1) is 0 Å². The molecule has 0 aliphatic carbocycles. The van der Waals surface area contributed by atoms with E-state index in [0.717, 1.165) is 12.1 Å². The first-order valence-electron chi connectivity index (χ1n) is 5.02. The van der Waals surface area contributed by atoms with Gasteiger partial charge < -0.3 is 0 Å². The van der Waals surface area contributed by atoms with E-state index in [2.05, 4.69) is 4.90 Å². The minimum Gasteiger partial charge on any atom is -0.299 e. The Morgan fingerprint density at radius 3 is 2.33 bits per heavy atom. The molecular formula is C10H17NO.